The predicted octanol–water partition coefficient (Wildman–Crippen LogP) is 2.83. The van der Waals surface area contributed by atoms with Crippen molar-refractivity contribution in [3.63, 3.8) is 0 Å². The van der Waals surface area contributed by atoms with Crippen molar-refractivity contribution in [2.75, 3.05) is 17.4 Å². The molecule has 2 aliphatic heterocycles. The van der Waals surface area contributed by atoms with E-state index in [4.69, 9.17) is 9.47 Å². The van der Waals surface area contributed by atoms with Gasteiger partial charge in [-0.3, -0.25) is 4.79 Å². The summed E-state index contributed by atoms with van der Waals surface area (Å²) in [7, 11) is 0. The molecule has 5 nitrogen and oxygen atoms in total. The minimum absolute atomic E-state index is 0.0479. The minimum Gasteiger partial charge on any atom is -0.454 e. The first kappa shape index (κ1) is 12.1. The third kappa shape index (κ3) is 1.98. The normalized spacial score (nSPS) is 18.3. The van der Waals surface area contributed by atoms with E-state index < -0.39 is 0 Å². The van der Waals surface area contributed by atoms with E-state index in [2.05, 4.69) is 10.6 Å². The molecule has 5 heteroatoms. The van der Waals surface area contributed by atoms with Crippen LogP contribution in [-0.2, 0) is 4.79 Å². The Hall–Kier alpha value is -2.69. The standard InChI is InChI=1S/C16H14N2O3/c1-9-2-4-12-11(6-9)15(16(19)18-12)17-10-3-5-13-14(7-10)21-8-20-13/h2-7,15,17H,8H2,1H3,(H,18,19). The molecular formula is C16H14N2O3. The van der Waals surface area contributed by atoms with E-state index in [0.717, 1.165) is 28.3 Å². The second-order valence-electron chi connectivity index (χ2n) is 5.23. The molecular weight excluding hydrogens is 268 g/mol. The molecule has 106 valence electrons. The van der Waals surface area contributed by atoms with Crippen molar-refractivity contribution in [2.24, 2.45) is 0 Å². The number of hydrogen-bond donors (Lipinski definition) is 2. The summed E-state index contributed by atoms with van der Waals surface area (Å²) in [6.45, 7) is 2.26. The first-order valence-corrected chi connectivity index (χ1v) is 6.78. The lowest BCUT2D eigenvalue weighted by Crippen LogP contribution is -2.19. The third-order valence-electron chi connectivity index (χ3n) is 3.72. The molecule has 4 rings (SSSR count). The van der Waals surface area contributed by atoms with E-state index in [1.54, 1.807) is 0 Å². The number of hydrogen-bond acceptors (Lipinski definition) is 4. The Morgan fingerprint density at radius 3 is 2.90 bits per heavy atom. The van der Waals surface area contributed by atoms with Crippen molar-refractivity contribution in [3.05, 3.63) is 47.5 Å². The summed E-state index contributed by atoms with van der Waals surface area (Å²) >= 11 is 0. The van der Waals surface area contributed by atoms with Gasteiger partial charge in [0, 0.05) is 23.0 Å². The summed E-state index contributed by atoms with van der Waals surface area (Å²) in [6.07, 6.45) is 0. The van der Waals surface area contributed by atoms with Crippen LogP contribution < -0.4 is 20.1 Å². The van der Waals surface area contributed by atoms with Crippen molar-refractivity contribution in [2.45, 2.75) is 13.0 Å². The summed E-state index contributed by atoms with van der Waals surface area (Å²) in [5.41, 5.74) is 3.79. The molecule has 2 aliphatic rings. The van der Waals surface area contributed by atoms with E-state index in [-0.39, 0.29) is 18.7 Å². The number of aryl methyl sites for hydroxylation is 1. The van der Waals surface area contributed by atoms with Gasteiger partial charge in [-0.25, -0.2) is 0 Å². The highest BCUT2D eigenvalue weighted by Gasteiger charge is 2.30. The quantitative estimate of drug-likeness (QED) is 0.889. The lowest BCUT2D eigenvalue weighted by Gasteiger charge is -2.13. The van der Waals surface area contributed by atoms with E-state index >= 15 is 0 Å². The van der Waals surface area contributed by atoms with E-state index in [1.165, 1.54) is 0 Å². The highest BCUT2D eigenvalue weighted by Crippen LogP contribution is 2.38. The van der Waals surface area contributed by atoms with Gasteiger partial charge in [-0.1, -0.05) is 17.7 Å². The van der Waals surface area contributed by atoms with Crippen LogP contribution in [0.3, 0.4) is 0 Å². The number of carbonyl (C=O) groups excluding carboxylic acids is 1. The van der Waals surface area contributed by atoms with Crippen molar-refractivity contribution in [1.82, 2.24) is 0 Å². The fourth-order valence-electron chi connectivity index (χ4n) is 2.68. The van der Waals surface area contributed by atoms with E-state index in [9.17, 15) is 4.79 Å². The van der Waals surface area contributed by atoms with Crippen LogP contribution >= 0.6 is 0 Å². The first-order chi connectivity index (χ1) is 10.2. The fourth-order valence-corrected chi connectivity index (χ4v) is 2.68. The highest BCUT2D eigenvalue weighted by atomic mass is 16.7. The molecule has 0 aliphatic carbocycles. The Bertz CT molecular complexity index is 742. The van der Waals surface area contributed by atoms with Gasteiger partial charge in [-0.15, -0.1) is 0 Å². The Morgan fingerprint density at radius 1 is 1.14 bits per heavy atom. The Morgan fingerprint density at radius 2 is 2.00 bits per heavy atom. The SMILES string of the molecule is Cc1ccc2c(c1)C(Nc1ccc3c(c1)OCO3)C(=O)N2. The maximum Gasteiger partial charge on any atom is 0.251 e. The molecule has 1 unspecified atom stereocenters. The van der Waals surface area contributed by atoms with Crippen molar-refractivity contribution >= 4 is 17.3 Å². The molecule has 0 fully saturated rings. The van der Waals surface area contributed by atoms with Crippen molar-refractivity contribution < 1.29 is 14.3 Å². The van der Waals surface area contributed by atoms with Crippen LogP contribution in [0.1, 0.15) is 17.2 Å². The molecule has 1 amide bonds. The Labute approximate surface area is 121 Å². The number of amides is 1. The lowest BCUT2D eigenvalue weighted by molar-refractivity contribution is -0.116. The maximum atomic E-state index is 12.2. The van der Waals surface area contributed by atoms with Gasteiger partial charge in [0.15, 0.2) is 11.5 Å². The third-order valence-corrected chi connectivity index (χ3v) is 3.72. The fraction of sp³-hybridized carbons (Fsp3) is 0.188. The number of benzene rings is 2. The predicted molar refractivity (Wildman–Crippen MR) is 78.7 cm³/mol. The highest BCUT2D eigenvalue weighted by molar-refractivity contribution is 6.04. The zero-order valence-electron chi connectivity index (χ0n) is 11.5. The monoisotopic (exact) mass is 282 g/mol. The summed E-state index contributed by atoms with van der Waals surface area (Å²) in [6, 6.07) is 11.1. The molecule has 2 N–H and O–H groups in total. The number of ether oxygens (including phenoxy) is 2. The maximum absolute atomic E-state index is 12.2. The molecule has 0 spiro atoms. The number of fused-ring (bicyclic) bond motifs is 2. The van der Waals surface area contributed by atoms with Gasteiger partial charge >= 0.3 is 0 Å². The molecule has 2 aromatic carbocycles. The number of rotatable bonds is 2. The molecule has 2 aromatic rings. The summed E-state index contributed by atoms with van der Waals surface area (Å²) in [5.74, 6) is 1.38. The average Bonchev–Trinajstić information content (AvgIpc) is 3.04. The zero-order chi connectivity index (χ0) is 14.4. The van der Waals surface area contributed by atoms with Crippen LogP contribution in [0.2, 0.25) is 0 Å². The molecule has 1 atom stereocenters. The summed E-state index contributed by atoms with van der Waals surface area (Å²) in [5, 5.41) is 6.15. The number of anilines is 2. The van der Waals surface area contributed by atoms with Gasteiger partial charge in [0.25, 0.3) is 5.91 Å². The first-order valence-electron chi connectivity index (χ1n) is 6.78. The lowest BCUT2D eigenvalue weighted by atomic mass is 10.1. The zero-order valence-corrected chi connectivity index (χ0v) is 11.5. The summed E-state index contributed by atoms with van der Waals surface area (Å²) < 4.78 is 10.6. The second-order valence-corrected chi connectivity index (χ2v) is 5.23. The van der Waals surface area contributed by atoms with Crippen LogP contribution in [0.4, 0.5) is 11.4 Å². The largest absolute Gasteiger partial charge is 0.454 e. The topological polar surface area (TPSA) is 59.6 Å². The molecule has 0 aromatic heterocycles. The van der Waals surface area contributed by atoms with Crippen molar-refractivity contribution in [3.8, 4) is 11.5 Å². The van der Waals surface area contributed by atoms with E-state index in [0.29, 0.717) is 5.75 Å². The molecule has 0 bridgehead atoms. The van der Waals surface area contributed by atoms with Gasteiger partial charge in [0.2, 0.25) is 6.79 Å². The van der Waals surface area contributed by atoms with Crippen LogP contribution in [0.5, 0.6) is 11.5 Å². The van der Waals surface area contributed by atoms with Gasteiger partial charge in [0.05, 0.1) is 0 Å². The minimum atomic E-state index is -0.389. The molecule has 0 saturated carbocycles. The van der Waals surface area contributed by atoms with Gasteiger partial charge in [0.1, 0.15) is 6.04 Å². The average molecular weight is 282 g/mol. The Balaban J connectivity index is 1.66. The number of nitrogens with one attached hydrogen (secondary N) is 2. The second kappa shape index (κ2) is 4.41. The van der Waals surface area contributed by atoms with Gasteiger partial charge < -0.3 is 20.1 Å². The van der Waals surface area contributed by atoms with Gasteiger partial charge in [-0.2, -0.15) is 0 Å². The smallest absolute Gasteiger partial charge is 0.251 e. The van der Waals surface area contributed by atoms with Crippen molar-refractivity contribution in [1.29, 1.82) is 0 Å². The van der Waals surface area contributed by atoms with Gasteiger partial charge in [-0.05, 0) is 25.1 Å². The molecule has 2 heterocycles. The van der Waals surface area contributed by atoms with Crippen LogP contribution in [0, 0.1) is 6.92 Å². The number of carbonyl (C=O) groups is 1. The van der Waals surface area contributed by atoms with Crippen LogP contribution in [0.15, 0.2) is 36.4 Å². The van der Waals surface area contributed by atoms with Crippen LogP contribution in [-0.4, -0.2) is 12.7 Å². The molecule has 0 radical (unpaired) electrons. The summed E-state index contributed by atoms with van der Waals surface area (Å²) in [4.78, 5) is 12.2. The van der Waals surface area contributed by atoms with E-state index in [1.807, 2.05) is 43.3 Å². The molecule has 0 saturated heterocycles. The Kier molecular flexibility index (Phi) is 2.54. The van der Waals surface area contributed by atoms with Crippen LogP contribution in [0.25, 0.3) is 0 Å². The molecule has 21 heavy (non-hydrogen) atoms.